The average Bonchev–Trinajstić information content (AvgIpc) is 2.77. The van der Waals surface area contributed by atoms with Crippen molar-refractivity contribution in [1.29, 1.82) is 0 Å². The molecule has 0 aliphatic heterocycles. The quantitative estimate of drug-likeness (QED) is 0.293. The molecule has 1 aromatic heterocycles. The number of amidine groups is 2. The second kappa shape index (κ2) is 10.3. The number of hydrogen-bond donors (Lipinski definition) is 2. The van der Waals surface area contributed by atoms with Crippen LogP contribution in [0.15, 0.2) is 46.6 Å². The van der Waals surface area contributed by atoms with E-state index in [0.717, 1.165) is 7.11 Å². The number of esters is 1. The zero-order valence-corrected chi connectivity index (χ0v) is 17.4. The molecule has 0 fully saturated rings. The molecule has 0 saturated heterocycles. The molecule has 0 aliphatic rings. The second-order valence-electron chi connectivity index (χ2n) is 6.50. The van der Waals surface area contributed by atoms with Crippen molar-refractivity contribution in [1.82, 2.24) is 15.3 Å². The summed E-state index contributed by atoms with van der Waals surface area (Å²) < 4.78 is 82.9. The van der Waals surface area contributed by atoms with Crippen LogP contribution in [0.3, 0.4) is 0 Å². The summed E-state index contributed by atoms with van der Waals surface area (Å²) in [7, 11) is 1.01. The number of halogens is 6. The lowest BCUT2D eigenvalue weighted by Crippen LogP contribution is -2.39. The minimum Gasteiger partial charge on any atom is -0.463 e. The number of carbonyl (C=O) groups excluding carboxylic acids is 2. The van der Waals surface area contributed by atoms with Gasteiger partial charge in [0, 0.05) is 18.0 Å². The summed E-state index contributed by atoms with van der Waals surface area (Å²) in [5, 5.41) is 2.16. The number of alkyl halides is 6. The fourth-order valence-electron chi connectivity index (χ4n) is 2.37. The maximum absolute atomic E-state index is 13.1. The minimum absolute atomic E-state index is 0.110. The number of ether oxygens (including phenoxy) is 1. The number of methoxy groups -OCH3 is 1. The topological polar surface area (TPSA) is 132 Å². The van der Waals surface area contributed by atoms with E-state index in [9.17, 15) is 35.9 Å². The van der Waals surface area contributed by atoms with Gasteiger partial charge in [0.05, 0.1) is 24.3 Å². The Kier molecular flexibility index (Phi) is 7.92. The molecule has 1 atom stereocenters. The SMILES string of the molecule is COC(=O)C(N)=N/C(=N/c1ncccn1)C(C)NC(=O)c1cc(C(F)(F)F)cc(C(F)(F)F)c1. The third kappa shape index (κ3) is 6.98. The van der Waals surface area contributed by atoms with E-state index in [4.69, 9.17) is 5.73 Å². The van der Waals surface area contributed by atoms with E-state index in [1.165, 1.54) is 25.4 Å². The first-order valence-corrected chi connectivity index (χ1v) is 9.10. The first-order valence-electron chi connectivity index (χ1n) is 9.10. The van der Waals surface area contributed by atoms with Gasteiger partial charge in [0.1, 0.15) is 0 Å². The Morgan fingerprint density at radius 2 is 1.56 bits per heavy atom. The van der Waals surface area contributed by atoms with Crippen LogP contribution in [0.2, 0.25) is 0 Å². The molecule has 34 heavy (non-hydrogen) atoms. The first-order chi connectivity index (χ1) is 15.7. The van der Waals surface area contributed by atoms with E-state index in [2.05, 4.69) is 30.0 Å². The monoisotopic (exact) mass is 490 g/mol. The van der Waals surface area contributed by atoms with Crippen LogP contribution in [0, 0.1) is 0 Å². The normalized spacial score (nSPS) is 13.9. The maximum atomic E-state index is 13.1. The fraction of sp³-hybridized carbons (Fsp3) is 0.263. The zero-order valence-electron chi connectivity index (χ0n) is 17.4. The Morgan fingerprint density at radius 1 is 1.03 bits per heavy atom. The standard InChI is InChI=1S/C19H16F6N6O3/c1-9(14(30-13(26)16(33)34-2)31-17-27-4-3-5-28-17)29-15(32)10-6-11(18(20,21)22)8-12(7-10)19(23,24)25/h3-9H,1-2H3,(H,29,32)(H2,26,27,28,30,31). The van der Waals surface area contributed by atoms with Crippen LogP contribution >= 0.6 is 0 Å². The van der Waals surface area contributed by atoms with Gasteiger partial charge in [-0.25, -0.2) is 19.8 Å². The number of nitrogens with one attached hydrogen (secondary N) is 1. The van der Waals surface area contributed by atoms with E-state index < -0.39 is 52.8 Å². The number of rotatable bonds is 4. The highest BCUT2D eigenvalue weighted by Crippen LogP contribution is 2.36. The Hall–Kier alpha value is -4.04. The molecule has 182 valence electrons. The van der Waals surface area contributed by atoms with Crippen molar-refractivity contribution in [2.24, 2.45) is 15.7 Å². The van der Waals surface area contributed by atoms with Crippen molar-refractivity contribution in [3.8, 4) is 0 Å². The summed E-state index contributed by atoms with van der Waals surface area (Å²) in [6.07, 6.45) is -7.67. The van der Waals surface area contributed by atoms with Crippen molar-refractivity contribution in [2.75, 3.05) is 7.11 Å². The number of hydrogen-bond acceptors (Lipinski definition) is 6. The van der Waals surface area contributed by atoms with Crippen molar-refractivity contribution < 1.29 is 40.7 Å². The van der Waals surface area contributed by atoms with Crippen molar-refractivity contribution in [3.05, 3.63) is 53.3 Å². The number of aliphatic imine (C=N–C) groups is 2. The molecule has 15 heteroatoms. The van der Waals surface area contributed by atoms with Crippen LogP contribution in [-0.2, 0) is 21.9 Å². The Balaban J connectivity index is 2.45. The van der Waals surface area contributed by atoms with Gasteiger partial charge in [-0.1, -0.05) is 0 Å². The molecule has 0 radical (unpaired) electrons. The number of nitrogens with zero attached hydrogens (tertiary/aromatic N) is 4. The van der Waals surface area contributed by atoms with Gasteiger partial charge in [-0.2, -0.15) is 31.3 Å². The lowest BCUT2D eigenvalue weighted by molar-refractivity contribution is -0.143. The summed E-state index contributed by atoms with van der Waals surface area (Å²) in [5.74, 6) is -3.63. The van der Waals surface area contributed by atoms with Gasteiger partial charge in [0.2, 0.25) is 5.84 Å². The van der Waals surface area contributed by atoms with E-state index in [-0.39, 0.29) is 30.0 Å². The van der Waals surface area contributed by atoms with Gasteiger partial charge in [-0.15, -0.1) is 0 Å². The van der Waals surface area contributed by atoms with Crippen LogP contribution in [0.5, 0.6) is 0 Å². The summed E-state index contributed by atoms with van der Waals surface area (Å²) >= 11 is 0. The molecule has 1 amide bonds. The van der Waals surface area contributed by atoms with Crippen LogP contribution in [0.4, 0.5) is 32.3 Å². The van der Waals surface area contributed by atoms with Crippen LogP contribution in [-0.4, -0.2) is 46.7 Å². The number of aromatic nitrogens is 2. The van der Waals surface area contributed by atoms with Crippen LogP contribution in [0.25, 0.3) is 0 Å². The van der Waals surface area contributed by atoms with Gasteiger partial charge < -0.3 is 15.8 Å². The van der Waals surface area contributed by atoms with Gasteiger partial charge in [0.25, 0.3) is 11.9 Å². The highest BCUT2D eigenvalue weighted by Gasteiger charge is 2.37. The smallest absolute Gasteiger partial charge is 0.416 e. The predicted molar refractivity (Wildman–Crippen MR) is 106 cm³/mol. The lowest BCUT2D eigenvalue weighted by Gasteiger charge is -2.17. The second-order valence-corrected chi connectivity index (χ2v) is 6.50. The number of benzene rings is 1. The van der Waals surface area contributed by atoms with Crippen LogP contribution < -0.4 is 11.1 Å². The molecular formula is C19H16F6N6O3. The largest absolute Gasteiger partial charge is 0.463 e. The summed E-state index contributed by atoms with van der Waals surface area (Å²) in [6, 6.07) is 0.604. The molecule has 0 saturated carbocycles. The summed E-state index contributed by atoms with van der Waals surface area (Å²) in [4.78, 5) is 39.3. The van der Waals surface area contributed by atoms with E-state index >= 15 is 0 Å². The molecule has 1 heterocycles. The molecule has 0 spiro atoms. The Morgan fingerprint density at radius 3 is 2.03 bits per heavy atom. The van der Waals surface area contributed by atoms with E-state index in [1.54, 1.807) is 0 Å². The summed E-state index contributed by atoms with van der Waals surface area (Å²) in [5.41, 5.74) is 1.23. The highest BCUT2D eigenvalue weighted by atomic mass is 19.4. The molecule has 0 aliphatic carbocycles. The Bertz CT molecular complexity index is 1080. The van der Waals surface area contributed by atoms with E-state index in [0.29, 0.717) is 0 Å². The van der Waals surface area contributed by atoms with Crippen molar-refractivity contribution in [3.63, 3.8) is 0 Å². The maximum Gasteiger partial charge on any atom is 0.416 e. The third-order valence-electron chi connectivity index (χ3n) is 3.98. The molecule has 0 bridgehead atoms. The Labute approximate surface area is 187 Å². The third-order valence-corrected chi connectivity index (χ3v) is 3.98. The van der Waals surface area contributed by atoms with E-state index in [1.807, 2.05) is 0 Å². The lowest BCUT2D eigenvalue weighted by atomic mass is 10.0. The number of carbonyl (C=O) groups is 2. The van der Waals surface area contributed by atoms with Crippen molar-refractivity contribution in [2.45, 2.75) is 25.3 Å². The van der Waals surface area contributed by atoms with Crippen LogP contribution in [0.1, 0.15) is 28.4 Å². The van der Waals surface area contributed by atoms with Crippen molar-refractivity contribution >= 4 is 29.5 Å². The fourth-order valence-corrected chi connectivity index (χ4v) is 2.37. The summed E-state index contributed by atoms with van der Waals surface area (Å²) in [6.45, 7) is 1.24. The zero-order chi connectivity index (χ0) is 25.7. The molecule has 3 N–H and O–H groups in total. The molecule has 1 aromatic carbocycles. The van der Waals surface area contributed by atoms with Gasteiger partial charge in [-0.3, -0.25) is 4.79 Å². The average molecular weight is 490 g/mol. The molecule has 1 unspecified atom stereocenters. The molecule has 2 aromatic rings. The predicted octanol–water partition coefficient (Wildman–Crippen LogP) is 2.89. The van der Waals surface area contributed by atoms with Gasteiger partial charge in [-0.05, 0) is 31.2 Å². The highest BCUT2D eigenvalue weighted by molar-refractivity contribution is 6.36. The molecule has 9 nitrogen and oxygen atoms in total. The molecular weight excluding hydrogens is 474 g/mol. The van der Waals surface area contributed by atoms with Gasteiger partial charge in [0.15, 0.2) is 5.84 Å². The number of nitrogens with two attached hydrogens (primary N) is 1. The first kappa shape index (κ1) is 26.2. The van der Waals surface area contributed by atoms with Gasteiger partial charge >= 0.3 is 18.3 Å². The molecule has 2 rings (SSSR count). The minimum atomic E-state index is -5.14. The number of amides is 1.